The third-order valence-electron chi connectivity index (χ3n) is 2.52. The second-order valence-electron chi connectivity index (χ2n) is 4.48. The summed E-state index contributed by atoms with van der Waals surface area (Å²) in [4.78, 5) is 0. The molecule has 0 radical (unpaired) electrons. The van der Waals surface area contributed by atoms with E-state index in [1.54, 1.807) is 12.3 Å². The van der Waals surface area contributed by atoms with E-state index >= 15 is 0 Å². The predicted molar refractivity (Wildman–Crippen MR) is 77.9 cm³/mol. The van der Waals surface area contributed by atoms with E-state index in [1.807, 2.05) is 0 Å². The fourth-order valence-electron chi connectivity index (χ4n) is 1.56. The molecule has 0 saturated heterocycles. The number of rotatable bonds is 10. The molecule has 18 heavy (non-hydrogen) atoms. The Balaban J connectivity index is 0. The predicted octanol–water partition coefficient (Wildman–Crippen LogP) is 5.86. The van der Waals surface area contributed by atoms with Crippen molar-refractivity contribution in [2.45, 2.75) is 65.2 Å². The second kappa shape index (κ2) is 15.3. The first kappa shape index (κ1) is 20.5. The molecule has 0 rings (SSSR count). The fourth-order valence-corrected chi connectivity index (χ4v) is 3.12. The molecule has 112 valence electrons. The zero-order chi connectivity index (χ0) is 14.3. The third-order valence-corrected chi connectivity index (χ3v) is 4.16. The van der Waals surface area contributed by atoms with Gasteiger partial charge in [-0.15, -0.1) is 0 Å². The normalized spacial score (nSPS) is 11.7. The summed E-state index contributed by atoms with van der Waals surface area (Å²) < 4.78 is 39.0. The number of hydrogen-bond donors (Lipinski definition) is 0. The van der Waals surface area contributed by atoms with Gasteiger partial charge in [0.25, 0.3) is 0 Å². The van der Waals surface area contributed by atoms with Gasteiger partial charge in [-0.05, 0) is 27.8 Å². The minimum Gasteiger partial charge on any atom is -0.418 e. The quantitative estimate of drug-likeness (QED) is 0.205. The van der Waals surface area contributed by atoms with E-state index in [0.29, 0.717) is 0 Å². The van der Waals surface area contributed by atoms with Crippen LogP contribution < -0.4 is 0 Å². The van der Waals surface area contributed by atoms with Gasteiger partial charge in [-0.2, -0.15) is 0 Å². The van der Waals surface area contributed by atoms with Gasteiger partial charge in [0.1, 0.15) is 0 Å². The maximum Gasteiger partial charge on any atom is 0.673 e. The van der Waals surface area contributed by atoms with Crippen LogP contribution in [0.5, 0.6) is 0 Å². The van der Waals surface area contributed by atoms with Gasteiger partial charge in [0.15, 0.2) is 0 Å². The largest absolute Gasteiger partial charge is 0.673 e. The molecule has 0 heterocycles. The van der Waals surface area contributed by atoms with Crippen molar-refractivity contribution in [1.82, 2.24) is 0 Å². The van der Waals surface area contributed by atoms with Gasteiger partial charge < -0.3 is 17.3 Å². The first-order valence-electron chi connectivity index (χ1n) is 7.10. The average Bonchev–Trinajstić information content (AvgIpc) is 2.25. The molecule has 0 aliphatic rings. The van der Waals surface area contributed by atoms with Crippen LogP contribution in [0.4, 0.5) is 17.3 Å². The Morgan fingerprint density at radius 3 is 1.56 bits per heavy atom. The molecule has 0 aromatic rings. The smallest absolute Gasteiger partial charge is 0.418 e. The van der Waals surface area contributed by atoms with E-state index in [2.05, 4.69) is 13.8 Å². The highest BCUT2D eigenvalue weighted by molar-refractivity contribution is 7.37. The highest BCUT2D eigenvalue weighted by Crippen LogP contribution is 2.16. The molecule has 0 saturated carbocycles. The van der Waals surface area contributed by atoms with Crippen LogP contribution in [0.2, 0.25) is 0 Å². The van der Waals surface area contributed by atoms with Crippen LogP contribution in [0, 0.1) is 0 Å². The molecule has 0 aromatic carbocycles. The van der Waals surface area contributed by atoms with Crippen molar-refractivity contribution in [2.24, 2.45) is 0 Å². The molecular formula is C12H28BF4P. The van der Waals surface area contributed by atoms with Crippen LogP contribution in [0.15, 0.2) is 0 Å². The zero-order valence-corrected chi connectivity index (χ0v) is 12.9. The Morgan fingerprint density at radius 1 is 0.667 bits per heavy atom. The Bertz CT molecular complexity index is 138. The Morgan fingerprint density at radius 2 is 1.06 bits per heavy atom. The molecule has 6 heteroatoms. The van der Waals surface area contributed by atoms with Crippen LogP contribution >= 0.6 is 8.58 Å². The van der Waals surface area contributed by atoms with Crippen LogP contribution in [0.25, 0.3) is 0 Å². The van der Waals surface area contributed by atoms with Gasteiger partial charge in [0, 0.05) is 0 Å². The van der Waals surface area contributed by atoms with Crippen molar-refractivity contribution in [1.29, 1.82) is 0 Å². The monoisotopic (exact) mass is 290 g/mol. The maximum atomic E-state index is 9.75. The van der Waals surface area contributed by atoms with Crippen LogP contribution in [0.3, 0.4) is 0 Å². The van der Waals surface area contributed by atoms with Crippen molar-refractivity contribution in [3.63, 3.8) is 0 Å². The molecule has 0 nitrogen and oxygen atoms in total. The summed E-state index contributed by atoms with van der Waals surface area (Å²) in [6, 6.07) is 0. The summed E-state index contributed by atoms with van der Waals surface area (Å²) in [5.74, 6) is 0. The van der Waals surface area contributed by atoms with Crippen molar-refractivity contribution in [3.05, 3.63) is 0 Å². The standard InChI is InChI=1S/C12H27P.BF4/c1-3-5-7-8-9-10-12-13-11-6-4-2;2-1(3,4)5/h13H,3-12H2,1-2H3;/q;-1/p+1. The number of hydrogen-bond acceptors (Lipinski definition) is 0. The van der Waals surface area contributed by atoms with Gasteiger partial charge in [0.2, 0.25) is 0 Å². The van der Waals surface area contributed by atoms with Gasteiger partial charge in [0.05, 0.1) is 12.3 Å². The number of halogens is 4. The SMILES string of the molecule is CCCCCCCC[PH2+]CCCC.F[B-](F)(F)F. The zero-order valence-electron chi connectivity index (χ0n) is 11.7. The Labute approximate surface area is 111 Å². The summed E-state index contributed by atoms with van der Waals surface area (Å²) in [7, 11) is -5.19. The summed E-state index contributed by atoms with van der Waals surface area (Å²) >= 11 is 0. The molecule has 0 aliphatic heterocycles. The van der Waals surface area contributed by atoms with Crippen LogP contribution in [0.1, 0.15) is 65.2 Å². The van der Waals surface area contributed by atoms with Crippen molar-refractivity contribution in [2.75, 3.05) is 12.3 Å². The first-order chi connectivity index (χ1) is 8.41. The molecule has 0 aromatic heterocycles. The van der Waals surface area contributed by atoms with Gasteiger partial charge in [-0.25, -0.2) is 0 Å². The maximum absolute atomic E-state index is 9.75. The van der Waals surface area contributed by atoms with E-state index in [9.17, 15) is 17.3 Å². The molecule has 1 atom stereocenters. The Kier molecular flexibility index (Phi) is 17.4. The van der Waals surface area contributed by atoms with Crippen molar-refractivity contribution >= 4 is 15.8 Å². The summed E-state index contributed by atoms with van der Waals surface area (Å²) in [5.41, 5.74) is 0. The molecule has 0 bridgehead atoms. The summed E-state index contributed by atoms with van der Waals surface area (Å²) in [5, 5.41) is 0. The molecular weight excluding hydrogens is 262 g/mol. The Hall–Kier alpha value is 0.215. The highest BCUT2D eigenvalue weighted by atomic mass is 31.1. The van der Waals surface area contributed by atoms with E-state index in [0.717, 1.165) is 8.58 Å². The lowest BCUT2D eigenvalue weighted by molar-refractivity contribution is 0.368. The topological polar surface area (TPSA) is 0 Å². The van der Waals surface area contributed by atoms with E-state index < -0.39 is 7.25 Å². The molecule has 1 unspecified atom stereocenters. The van der Waals surface area contributed by atoms with E-state index in [4.69, 9.17) is 0 Å². The first-order valence-corrected chi connectivity index (χ1v) is 8.74. The van der Waals surface area contributed by atoms with Crippen LogP contribution in [-0.2, 0) is 0 Å². The highest BCUT2D eigenvalue weighted by Gasteiger charge is 2.20. The lowest BCUT2D eigenvalue weighted by atomic mass is 10.1. The second-order valence-corrected chi connectivity index (χ2v) is 6.21. The van der Waals surface area contributed by atoms with Crippen molar-refractivity contribution in [3.8, 4) is 0 Å². The van der Waals surface area contributed by atoms with Gasteiger partial charge in [-0.1, -0.05) is 46.0 Å². The molecule has 0 amide bonds. The average molecular weight is 290 g/mol. The molecule has 0 fully saturated rings. The minimum atomic E-state index is -6.00. The lowest BCUT2D eigenvalue weighted by Crippen LogP contribution is -2.02. The third kappa shape index (κ3) is 36.0. The fraction of sp³-hybridized carbons (Fsp3) is 1.00. The van der Waals surface area contributed by atoms with E-state index in [-0.39, 0.29) is 0 Å². The van der Waals surface area contributed by atoms with Crippen LogP contribution in [-0.4, -0.2) is 19.6 Å². The number of unbranched alkanes of at least 4 members (excludes halogenated alkanes) is 6. The molecule has 0 aliphatic carbocycles. The van der Waals surface area contributed by atoms with Gasteiger partial charge >= 0.3 is 7.25 Å². The molecule has 0 spiro atoms. The lowest BCUT2D eigenvalue weighted by Gasteiger charge is -1.97. The molecule has 0 N–H and O–H groups in total. The summed E-state index contributed by atoms with van der Waals surface area (Å²) in [6.45, 7) is 4.58. The van der Waals surface area contributed by atoms with Crippen molar-refractivity contribution < 1.29 is 17.3 Å². The minimum absolute atomic E-state index is 0.806. The van der Waals surface area contributed by atoms with E-state index in [1.165, 1.54) is 51.4 Å². The van der Waals surface area contributed by atoms with Gasteiger partial charge in [-0.3, -0.25) is 0 Å². The summed E-state index contributed by atoms with van der Waals surface area (Å²) in [6.07, 6.45) is 14.8.